The highest BCUT2D eigenvalue weighted by atomic mass is 28.4. The molecule has 39 heavy (non-hydrogen) atoms. The van der Waals surface area contributed by atoms with Crippen LogP contribution < -0.4 is 0 Å². The van der Waals surface area contributed by atoms with Crippen molar-refractivity contribution in [3.05, 3.63) is 0 Å². The third kappa shape index (κ3) is 7.56. The van der Waals surface area contributed by atoms with Crippen molar-refractivity contribution < 1.29 is 23.6 Å². The smallest absolute Gasteiger partial charge is 0.193 e. The van der Waals surface area contributed by atoms with Gasteiger partial charge in [-0.2, -0.15) is 0 Å². The second-order valence-corrected chi connectivity index (χ2v) is 23.7. The molecule has 0 saturated carbocycles. The Hall–Kier alpha value is -0.746. The molecule has 0 aromatic heterocycles. The molecule has 0 bridgehead atoms. The molecule has 0 fully saturated rings. The van der Waals surface area contributed by atoms with E-state index in [0.717, 1.165) is 36.0 Å². The fraction of sp³-hybridized carbons (Fsp3) is 0.933. The van der Waals surface area contributed by atoms with Crippen LogP contribution in [0.3, 0.4) is 0 Å². The zero-order chi connectivity index (χ0) is 30.0. The highest BCUT2D eigenvalue weighted by molar-refractivity contribution is 6.74. The molecular formula is C30H60N2O5Si2. The van der Waals surface area contributed by atoms with Crippen molar-refractivity contribution in [3.8, 4) is 0 Å². The van der Waals surface area contributed by atoms with E-state index in [9.17, 15) is 5.11 Å². The van der Waals surface area contributed by atoms with Crippen LogP contribution in [0, 0.1) is 23.7 Å². The van der Waals surface area contributed by atoms with Crippen LogP contribution in [0.2, 0.25) is 36.3 Å². The summed E-state index contributed by atoms with van der Waals surface area (Å²) in [4.78, 5) is 12.0. The molecule has 8 atom stereocenters. The van der Waals surface area contributed by atoms with E-state index in [1.165, 1.54) is 0 Å². The number of hydrogen-bond acceptors (Lipinski definition) is 7. The Morgan fingerprint density at radius 3 is 1.85 bits per heavy atom. The molecule has 0 unspecified atom stereocenters. The first-order valence-electron chi connectivity index (χ1n) is 15.4. The van der Waals surface area contributed by atoms with Gasteiger partial charge in [0.05, 0.1) is 23.1 Å². The minimum atomic E-state index is -1.98. The number of hydrogen-bond donors (Lipinski definition) is 1. The van der Waals surface area contributed by atoms with Gasteiger partial charge in [-0.25, -0.2) is 0 Å². The first kappa shape index (κ1) is 34.5. The van der Waals surface area contributed by atoms with E-state index in [-0.39, 0.29) is 40.9 Å². The van der Waals surface area contributed by atoms with Crippen molar-refractivity contribution in [1.82, 2.24) is 0 Å². The molecule has 0 saturated heterocycles. The van der Waals surface area contributed by atoms with Gasteiger partial charge in [0.15, 0.2) is 28.8 Å². The SMILES string of the molecule is CC[Si](CC)(CC)O[C@](C)(C[C@@H](C)C1=NO[C@@H]([C@@H](C)O)[C@H]1C)[C@@H]1ON=C([C@@H](C)CO[Si](C)(C)C(C)(C)C)[C@@H]1C. The van der Waals surface area contributed by atoms with E-state index in [4.69, 9.17) is 18.5 Å². The van der Waals surface area contributed by atoms with Gasteiger partial charge in [0, 0.05) is 30.3 Å². The maximum Gasteiger partial charge on any atom is 0.193 e. The average molecular weight is 585 g/mol. The van der Waals surface area contributed by atoms with Gasteiger partial charge in [-0.05, 0) is 56.5 Å². The molecule has 2 aliphatic heterocycles. The summed E-state index contributed by atoms with van der Waals surface area (Å²) in [6, 6.07) is 3.21. The molecule has 0 aromatic rings. The molecule has 9 heteroatoms. The Bertz CT molecular complexity index is 860. The highest BCUT2D eigenvalue weighted by Crippen LogP contribution is 2.43. The van der Waals surface area contributed by atoms with Crippen LogP contribution in [0.15, 0.2) is 10.3 Å². The Kier molecular flexibility index (Phi) is 11.5. The van der Waals surface area contributed by atoms with E-state index in [1.54, 1.807) is 6.92 Å². The molecule has 7 nitrogen and oxygen atoms in total. The lowest BCUT2D eigenvalue weighted by molar-refractivity contribution is -0.0949. The predicted molar refractivity (Wildman–Crippen MR) is 167 cm³/mol. The van der Waals surface area contributed by atoms with Crippen molar-refractivity contribution in [2.45, 2.75) is 150 Å². The van der Waals surface area contributed by atoms with Crippen LogP contribution in [0.4, 0.5) is 0 Å². The normalized spacial score (nSPS) is 28.2. The number of aliphatic hydroxyl groups excluding tert-OH is 1. The van der Waals surface area contributed by atoms with Crippen molar-refractivity contribution >= 4 is 28.1 Å². The molecule has 2 rings (SSSR count). The summed E-state index contributed by atoms with van der Waals surface area (Å²) in [5.41, 5.74) is 1.53. The molecule has 2 heterocycles. The van der Waals surface area contributed by atoms with Crippen LogP contribution in [0.1, 0.15) is 89.5 Å². The average Bonchev–Trinajstić information content (AvgIpc) is 3.43. The third-order valence-corrected chi connectivity index (χ3v) is 19.4. The maximum absolute atomic E-state index is 10.2. The minimum Gasteiger partial charge on any atom is -0.416 e. The summed E-state index contributed by atoms with van der Waals surface area (Å²) < 4.78 is 13.9. The summed E-state index contributed by atoms with van der Waals surface area (Å²) in [5.74, 6) is 0.453. The number of rotatable bonds is 14. The van der Waals surface area contributed by atoms with E-state index in [0.29, 0.717) is 6.61 Å². The lowest BCUT2D eigenvalue weighted by atomic mass is 9.77. The van der Waals surface area contributed by atoms with Crippen LogP contribution in [-0.4, -0.2) is 63.7 Å². The summed E-state index contributed by atoms with van der Waals surface area (Å²) in [7, 11) is -3.83. The van der Waals surface area contributed by atoms with Gasteiger partial charge in [0.2, 0.25) is 0 Å². The molecule has 0 aliphatic carbocycles. The van der Waals surface area contributed by atoms with Crippen molar-refractivity contribution in [2.24, 2.45) is 34.0 Å². The summed E-state index contributed by atoms with van der Waals surface area (Å²) in [6.07, 6.45) is -0.301. The summed E-state index contributed by atoms with van der Waals surface area (Å²) in [5, 5.41) is 19.5. The van der Waals surface area contributed by atoms with Gasteiger partial charge in [-0.3, -0.25) is 0 Å². The molecule has 0 aromatic carbocycles. The van der Waals surface area contributed by atoms with Gasteiger partial charge in [0.1, 0.15) is 0 Å². The van der Waals surface area contributed by atoms with Crippen LogP contribution in [-0.2, 0) is 18.5 Å². The second-order valence-electron chi connectivity index (χ2n) is 14.2. The lowest BCUT2D eigenvalue weighted by Crippen LogP contribution is -2.55. The molecule has 2 aliphatic rings. The van der Waals surface area contributed by atoms with Gasteiger partial charge in [0.25, 0.3) is 0 Å². The van der Waals surface area contributed by atoms with Gasteiger partial charge in [-0.1, -0.05) is 79.5 Å². The largest absolute Gasteiger partial charge is 0.416 e. The quantitative estimate of drug-likeness (QED) is 0.212. The van der Waals surface area contributed by atoms with E-state index >= 15 is 0 Å². The maximum atomic E-state index is 10.2. The van der Waals surface area contributed by atoms with Gasteiger partial charge < -0.3 is 23.6 Å². The van der Waals surface area contributed by atoms with E-state index in [2.05, 4.69) is 99.6 Å². The Labute approximate surface area is 241 Å². The second kappa shape index (κ2) is 13.1. The van der Waals surface area contributed by atoms with E-state index < -0.39 is 28.3 Å². The first-order chi connectivity index (χ1) is 17.9. The number of aliphatic hydroxyl groups is 1. The Balaban J connectivity index is 2.30. The highest BCUT2D eigenvalue weighted by Gasteiger charge is 2.52. The fourth-order valence-electron chi connectivity index (χ4n) is 6.16. The topological polar surface area (TPSA) is 81.9 Å². The predicted octanol–water partition coefficient (Wildman–Crippen LogP) is 7.61. The number of oxime groups is 2. The summed E-state index contributed by atoms with van der Waals surface area (Å²) in [6.45, 7) is 31.7. The molecule has 0 amide bonds. The zero-order valence-corrected chi connectivity index (χ0v) is 29.6. The first-order valence-corrected chi connectivity index (χ1v) is 20.8. The van der Waals surface area contributed by atoms with Gasteiger partial charge >= 0.3 is 0 Å². The van der Waals surface area contributed by atoms with Crippen LogP contribution in [0.25, 0.3) is 0 Å². The van der Waals surface area contributed by atoms with Crippen molar-refractivity contribution in [3.63, 3.8) is 0 Å². The Morgan fingerprint density at radius 2 is 1.38 bits per heavy atom. The van der Waals surface area contributed by atoms with E-state index in [1.807, 2.05) is 0 Å². The third-order valence-electron chi connectivity index (χ3n) is 10.1. The summed E-state index contributed by atoms with van der Waals surface area (Å²) >= 11 is 0. The lowest BCUT2D eigenvalue weighted by Gasteiger charge is -2.45. The molecular weight excluding hydrogens is 525 g/mol. The van der Waals surface area contributed by atoms with Crippen molar-refractivity contribution in [2.75, 3.05) is 6.61 Å². The molecule has 0 radical (unpaired) electrons. The molecule has 228 valence electrons. The van der Waals surface area contributed by atoms with Gasteiger partial charge in [-0.15, -0.1) is 0 Å². The molecule has 0 spiro atoms. The van der Waals surface area contributed by atoms with Crippen LogP contribution in [0.5, 0.6) is 0 Å². The fourth-order valence-corrected chi connectivity index (χ4v) is 10.4. The molecule has 1 N–H and O–H groups in total. The van der Waals surface area contributed by atoms with Crippen LogP contribution >= 0.6 is 0 Å². The number of nitrogens with zero attached hydrogens (tertiary/aromatic N) is 2. The minimum absolute atomic E-state index is 0.0519. The van der Waals surface area contributed by atoms with Crippen molar-refractivity contribution in [1.29, 1.82) is 0 Å². The monoisotopic (exact) mass is 584 g/mol. The Morgan fingerprint density at radius 1 is 0.872 bits per heavy atom. The standard InChI is InChI=1S/C30H60N2O5Si2/c1-15-39(16-2,17-3)37-30(12,18-20(4)25-22(6)27(24(8)33)35-31-25)28-23(7)26(32-36-28)21(5)19-34-38(13,14)29(9,10)11/h20-24,27-28,33H,15-19H2,1-14H3/t20-,21+,22+,23+,24-,27-,28-,30-/m1/s1. The zero-order valence-electron chi connectivity index (χ0n) is 27.6.